The third-order valence-corrected chi connectivity index (χ3v) is 3.94. The van der Waals surface area contributed by atoms with Gasteiger partial charge in [0.2, 0.25) is 0 Å². The molecule has 0 radical (unpaired) electrons. The molecular weight excluding hydrogens is 296 g/mol. The molecule has 0 aliphatic carbocycles. The third kappa shape index (κ3) is 12.8. The standard InChI is InChI=1S/C17H36N2O4/c1-2-3-9-20-11-13-22-15-16-23-14-12-21-10-8-19-6-4-17(18)5-7-19/h17H,2-16,18H2,1H3. The molecule has 0 amide bonds. The first-order valence-electron chi connectivity index (χ1n) is 9.12. The Morgan fingerprint density at radius 2 is 1.26 bits per heavy atom. The van der Waals surface area contributed by atoms with Gasteiger partial charge in [-0.2, -0.15) is 0 Å². The predicted octanol–water partition coefficient (Wildman–Crippen LogP) is 1.28. The molecule has 0 bridgehead atoms. The highest BCUT2D eigenvalue weighted by molar-refractivity contribution is 4.73. The van der Waals surface area contributed by atoms with E-state index in [0.29, 0.717) is 45.7 Å². The summed E-state index contributed by atoms with van der Waals surface area (Å²) in [5, 5.41) is 0. The zero-order chi connectivity index (χ0) is 16.6. The van der Waals surface area contributed by atoms with E-state index in [0.717, 1.165) is 52.1 Å². The fraction of sp³-hybridized carbons (Fsp3) is 1.00. The molecule has 0 spiro atoms. The molecule has 2 N–H and O–H groups in total. The van der Waals surface area contributed by atoms with Crippen molar-refractivity contribution in [3.05, 3.63) is 0 Å². The molecule has 1 aliphatic rings. The molecule has 138 valence electrons. The van der Waals surface area contributed by atoms with Crippen molar-refractivity contribution in [2.24, 2.45) is 5.73 Å². The number of nitrogens with zero attached hydrogens (tertiary/aromatic N) is 1. The molecule has 6 heteroatoms. The molecule has 0 atom stereocenters. The number of piperidine rings is 1. The second-order valence-electron chi connectivity index (χ2n) is 5.98. The zero-order valence-electron chi connectivity index (χ0n) is 14.8. The SMILES string of the molecule is CCCCOCCOCCOCCOCCN1CCC(N)CC1. The highest BCUT2D eigenvalue weighted by Gasteiger charge is 2.14. The van der Waals surface area contributed by atoms with Crippen LogP contribution < -0.4 is 5.73 Å². The minimum absolute atomic E-state index is 0.394. The number of unbranched alkanes of at least 4 members (excludes halogenated alkanes) is 1. The van der Waals surface area contributed by atoms with E-state index in [2.05, 4.69) is 11.8 Å². The lowest BCUT2D eigenvalue weighted by Crippen LogP contribution is -2.41. The van der Waals surface area contributed by atoms with E-state index in [9.17, 15) is 0 Å². The largest absolute Gasteiger partial charge is 0.379 e. The molecule has 1 heterocycles. The van der Waals surface area contributed by atoms with Crippen LogP contribution >= 0.6 is 0 Å². The molecule has 1 aliphatic heterocycles. The van der Waals surface area contributed by atoms with E-state index in [-0.39, 0.29) is 0 Å². The lowest BCUT2D eigenvalue weighted by molar-refractivity contribution is -0.00458. The molecule has 0 unspecified atom stereocenters. The molecule has 1 saturated heterocycles. The summed E-state index contributed by atoms with van der Waals surface area (Å²) in [6.07, 6.45) is 4.50. The second kappa shape index (κ2) is 15.3. The van der Waals surface area contributed by atoms with E-state index in [4.69, 9.17) is 24.7 Å². The summed E-state index contributed by atoms with van der Waals surface area (Å²) < 4.78 is 21.9. The van der Waals surface area contributed by atoms with Gasteiger partial charge < -0.3 is 29.6 Å². The summed E-state index contributed by atoms with van der Waals surface area (Å²) in [5.74, 6) is 0. The van der Waals surface area contributed by atoms with Gasteiger partial charge in [-0.05, 0) is 32.4 Å². The van der Waals surface area contributed by atoms with Crippen LogP contribution in [0.3, 0.4) is 0 Å². The van der Waals surface area contributed by atoms with Crippen molar-refractivity contribution in [1.82, 2.24) is 4.90 Å². The Labute approximate surface area is 141 Å². The average molecular weight is 332 g/mol. The van der Waals surface area contributed by atoms with Crippen LogP contribution in [0.5, 0.6) is 0 Å². The van der Waals surface area contributed by atoms with Crippen LogP contribution in [-0.2, 0) is 18.9 Å². The molecule has 23 heavy (non-hydrogen) atoms. The van der Waals surface area contributed by atoms with E-state index in [1.165, 1.54) is 6.42 Å². The predicted molar refractivity (Wildman–Crippen MR) is 91.8 cm³/mol. The zero-order valence-corrected chi connectivity index (χ0v) is 14.8. The van der Waals surface area contributed by atoms with Crippen molar-refractivity contribution >= 4 is 0 Å². The van der Waals surface area contributed by atoms with Crippen LogP contribution in [0.2, 0.25) is 0 Å². The van der Waals surface area contributed by atoms with Crippen LogP contribution in [0.25, 0.3) is 0 Å². The van der Waals surface area contributed by atoms with Crippen molar-refractivity contribution < 1.29 is 18.9 Å². The number of hydrogen-bond donors (Lipinski definition) is 1. The highest BCUT2D eigenvalue weighted by atomic mass is 16.6. The number of hydrogen-bond acceptors (Lipinski definition) is 6. The maximum absolute atomic E-state index is 5.89. The Balaban J connectivity index is 1.70. The van der Waals surface area contributed by atoms with Crippen molar-refractivity contribution in [3.8, 4) is 0 Å². The minimum Gasteiger partial charge on any atom is -0.379 e. The third-order valence-electron chi connectivity index (χ3n) is 3.94. The van der Waals surface area contributed by atoms with Gasteiger partial charge in [-0.25, -0.2) is 0 Å². The molecule has 6 nitrogen and oxygen atoms in total. The van der Waals surface area contributed by atoms with E-state index in [1.807, 2.05) is 0 Å². The van der Waals surface area contributed by atoms with Crippen molar-refractivity contribution in [2.45, 2.75) is 38.6 Å². The fourth-order valence-corrected chi connectivity index (χ4v) is 2.38. The number of nitrogens with two attached hydrogens (primary N) is 1. The van der Waals surface area contributed by atoms with Crippen LogP contribution in [0.1, 0.15) is 32.6 Å². The van der Waals surface area contributed by atoms with Gasteiger partial charge in [0.25, 0.3) is 0 Å². The van der Waals surface area contributed by atoms with Gasteiger partial charge in [0.1, 0.15) is 0 Å². The van der Waals surface area contributed by atoms with Crippen LogP contribution in [0.15, 0.2) is 0 Å². The summed E-state index contributed by atoms with van der Waals surface area (Å²) in [4.78, 5) is 2.42. The van der Waals surface area contributed by atoms with E-state index >= 15 is 0 Å². The van der Waals surface area contributed by atoms with E-state index in [1.54, 1.807) is 0 Å². The Morgan fingerprint density at radius 3 is 1.78 bits per heavy atom. The van der Waals surface area contributed by atoms with Gasteiger partial charge in [-0.15, -0.1) is 0 Å². The Kier molecular flexibility index (Phi) is 13.8. The van der Waals surface area contributed by atoms with Gasteiger partial charge in [0.05, 0.1) is 46.2 Å². The summed E-state index contributed by atoms with van der Waals surface area (Å²) in [6, 6.07) is 0.394. The van der Waals surface area contributed by atoms with Crippen LogP contribution in [-0.4, -0.2) is 83.4 Å². The van der Waals surface area contributed by atoms with Gasteiger partial charge in [0, 0.05) is 19.2 Å². The summed E-state index contributed by atoms with van der Waals surface area (Å²) in [5.41, 5.74) is 5.89. The molecule has 0 aromatic heterocycles. The summed E-state index contributed by atoms with van der Waals surface area (Å²) >= 11 is 0. The normalized spacial score (nSPS) is 17.0. The lowest BCUT2D eigenvalue weighted by atomic mass is 10.1. The number of ether oxygens (including phenoxy) is 4. The Bertz CT molecular complexity index is 249. The Hall–Kier alpha value is -0.240. The molecule has 0 aromatic carbocycles. The molecule has 1 fully saturated rings. The molecule has 1 rings (SSSR count). The van der Waals surface area contributed by atoms with Gasteiger partial charge in [-0.1, -0.05) is 13.3 Å². The second-order valence-corrected chi connectivity index (χ2v) is 5.98. The van der Waals surface area contributed by atoms with Crippen LogP contribution in [0.4, 0.5) is 0 Å². The Morgan fingerprint density at radius 1 is 0.783 bits per heavy atom. The van der Waals surface area contributed by atoms with Crippen molar-refractivity contribution in [3.63, 3.8) is 0 Å². The monoisotopic (exact) mass is 332 g/mol. The van der Waals surface area contributed by atoms with Crippen molar-refractivity contribution in [1.29, 1.82) is 0 Å². The maximum Gasteiger partial charge on any atom is 0.0701 e. The first kappa shape index (κ1) is 20.8. The van der Waals surface area contributed by atoms with Gasteiger partial charge in [0.15, 0.2) is 0 Å². The average Bonchev–Trinajstić information content (AvgIpc) is 2.57. The topological polar surface area (TPSA) is 66.2 Å². The molecule has 0 aromatic rings. The number of rotatable bonds is 15. The molecular formula is C17H36N2O4. The minimum atomic E-state index is 0.394. The number of likely N-dealkylation sites (tertiary alicyclic amines) is 1. The van der Waals surface area contributed by atoms with Crippen LogP contribution in [0, 0.1) is 0 Å². The van der Waals surface area contributed by atoms with Crippen molar-refractivity contribution in [2.75, 3.05) is 72.5 Å². The smallest absolute Gasteiger partial charge is 0.0701 e. The lowest BCUT2D eigenvalue weighted by Gasteiger charge is -2.29. The first-order valence-corrected chi connectivity index (χ1v) is 9.12. The molecule has 0 saturated carbocycles. The first-order chi connectivity index (χ1) is 11.3. The fourth-order valence-electron chi connectivity index (χ4n) is 2.38. The summed E-state index contributed by atoms with van der Waals surface area (Å²) in [6.45, 7) is 10.8. The summed E-state index contributed by atoms with van der Waals surface area (Å²) in [7, 11) is 0. The quantitative estimate of drug-likeness (QED) is 0.456. The van der Waals surface area contributed by atoms with Gasteiger partial charge in [-0.3, -0.25) is 0 Å². The van der Waals surface area contributed by atoms with Gasteiger partial charge >= 0.3 is 0 Å². The highest BCUT2D eigenvalue weighted by Crippen LogP contribution is 2.07. The maximum atomic E-state index is 5.89. The van der Waals surface area contributed by atoms with E-state index < -0.39 is 0 Å².